The molecule has 0 radical (unpaired) electrons. The second-order valence-corrected chi connectivity index (χ2v) is 6.24. The molecule has 0 spiro atoms. The van der Waals surface area contributed by atoms with Crippen molar-refractivity contribution < 1.29 is 4.79 Å². The Balaban J connectivity index is 2.33. The van der Waals surface area contributed by atoms with Crippen LogP contribution < -0.4 is 5.32 Å². The van der Waals surface area contributed by atoms with Crippen molar-refractivity contribution in [2.75, 3.05) is 19.6 Å². The maximum atomic E-state index is 11.9. The summed E-state index contributed by atoms with van der Waals surface area (Å²) < 4.78 is 0. The highest BCUT2D eigenvalue weighted by atomic mass is 16.2. The topological polar surface area (TPSA) is 32.3 Å². The summed E-state index contributed by atoms with van der Waals surface area (Å²) in [7, 11) is 0. The Bertz CT molecular complexity index is 259. The predicted octanol–water partition coefficient (Wildman–Crippen LogP) is 2.80. The molecule has 3 heteroatoms. The van der Waals surface area contributed by atoms with Crippen LogP contribution in [0.15, 0.2) is 0 Å². The molecule has 106 valence electrons. The highest BCUT2D eigenvalue weighted by molar-refractivity contribution is 5.78. The minimum atomic E-state index is 0.239. The number of nitrogens with one attached hydrogen (secondary N) is 1. The number of rotatable bonds is 5. The van der Waals surface area contributed by atoms with Crippen molar-refractivity contribution in [3.63, 3.8) is 0 Å². The van der Waals surface area contributed by atoms with Gasteiger partial charge in [0.2, 0.25) is 5.91 Å². The number of amides is 1. The number of nitrogens with zero attached hydrogens (tertiary/aromatic N) is 1. The standard InChI is InChI=1S/C15H30N2O/c1-5-17(6-2)14(18)12-16-13-8-7-10-15(3,4)11-9-13/h13,16H,5-12H2,1-4H3. The summed E-state index contributed by atoms with van der Waals surface area (Å²) in [4.78, 5) is 13.8. The molecule has 1 amide bonds. The molecule has 1 rings (SSSR count). The van der Waals surface area contributed by atoms with E-state index >= 15 is 0 Å². The zero-order valence-corrected chi connectivity index (χ0v) is 12.6. The molecule has 1 atom stereocenters. The molecule has 1 N–H and O–H groups in total. The van der Waals surface area contributed by atoms with Gasteiger partial charge >= 0.3 is 0 Å². The summed E-state index contributed by atoms with van der Waals surface area (Å²) in [5, 5.41) is 3.46. The average Bonchev–Trinajstić information content (AvgIpc) is 2.49. The van der Waals surface area contributed by atoms with Gasteiger partial charge in [-0.2, -0.15) is 0 Å². The summed E-state index contributed by atoms with van der Waals surface area (Å²) in [6.07, 6.45) is 6.29. The fourth-order valence-electron chi connectivity index (χ4n) is 2.79. The van der Waals surface area contributed by atoms with Crippen molar-refractivity contribution in [2.24, 2.45) is 5.41 Å². The fraction of sp³-hybridized carbons (Fsp3) is 0.933. The Hall–Kier alpha value is -0.570. The van der Waals surface area contributed by atoms with Crippen LogP contribution in [0.25, 0.3) is 0 Å². The lowest BCUT2D eigenvalue weighted by molar-refractivity contribution is -0.130. The van der Waals surface area contributed by atoms with Crippen LogP contribution in [0.3, 0.4) is 0 Å². The number of likely N-dealkylation sites (N-methyl/N-ethyl adjacent to an activating group) is 1. The number of carbonyl (C=O) groups is 1. The van der Waals surface area contributed by atoms with E-state index in [2.05, 4.69) is 19.2 Å². The lowest BCUT2D eigenvalue weighted by Crippen LogP contribution is -2.41. The van der Waals surface area contributed by atoms with E-state index in [0.29, 0.717) is 18.0 Å². The van der Waals surface area contributed by atoms with Crippen molar-refractivity contribution in [2.45, 2.75) is 65.8 Å². The zero-order valence-electron chi connectivity index (χ0n) is 12.6. The minimum Gasteiger partial charge on any atom is -0.342 e. The predicted molar refractivity (Wildman–Crippen MR) is 76.6 cm³/mol. The van der Waals surface area contributed by atoms with Crippen LogP contribution in [-0.4, -0.2) is 36.5 Å². The summed E-state index contributed by atoms with van der Waals surface area (Å²) in [5.41, 5.74) is 0.485. The Morgan fingerprint density at radius 3 is 2.50 bits per heavy atom. The lowest BCUT2D eigenvalue weighted by atomic mass is 9.85. The molecule has 0 aromatic carbocycles. The van der Waals surface area contributed by atoms with Gasteiger partial charge in [0.15, 0.2) is 0 Å². The average molecular weight is 254 g/mol. The van der Waals surface area contributed by atoms with E-state index in [9.17, 15) is 4.79 Å². The molecule has 1 saturated carbocycles. The van der Waals surface area contributed by atoms with Crippen LogP contribution in [0, 0.1) is 5.41 Å². The first-order valence-corrected chi connectivity index (χ1v) is 7.49. The Morgan fingerprint density at radius 2 is 1.89 bits per heavy atom. The van der Waals surface area contributed by atoms with Crippen LogP contribution in [0.1, 0.15) is 59.8 Å². The third-order valence-corrected chi connectivity index (χ3v) is 4.23. The van der Waals surface area contributed by atoms with Gasteiger partial charge in [-0.25, -0.2) is 0 Å². The van der Waals surface area contributed by atoms with Gasteiger partial charge in [-0.3, -0.25) is 4.79 Å². The molecule has 1 aliphatic rings. The third-order valence-electron chi connectivity index (χ3n) is 4.23. The van der Waals surface area contributed by atoms with E-state index < -0.39 is 0 Å². The molecule has 18 heavy (non-hydrogen) atoms. The zero-order chi connectivity index (χ0) is 13.6. The van der Waals surface area contributed by atoms with E-state index in [1.807, 2.05) is 18.7 Å². The Kier molecular flexibility index (Phi) is 6.13. The minimum absolute atomic E-state index is 0.239. The second kappa shape index (κ2) is 7.13. The molecule has 1 aliphatic carbocycles. The fourth-order valence-corrected chi connectivity index (χ4v) is 2.79. The molecule has 0 heterocycles. The van der Waals surface area contributed by atoms with Gasteiger partial charge < -0.3 is 10.2 Å². The van der Waals surface area contributed by atoms with Crippen LogP contribution >= 0.6 is 0 Å². The van der Waals surface area contributed by atoms with E-state index in [1.165, 1.54) is 32.1 Å². The van der Waals surface area contributed by atoms with Crippen LogP contribution in [-0.2, 0) is 4.79 Å². The van der Waals surface area contributed by atoms with Gasteiger partial charge in [-0.05, 0) is 44.9 Å². The van der Waals surface area contributed by atoms with Crippen molar-refractivity contribution >= 4 is 5.91 Å². The van der Waals surface area contributed by atoms with Gasteiger partial charge in [-0.1, -0.05) is 20.3 Å². The normalized spacial score (nSPS) is 23.4. The van der Waals surface area contributed by atoms with E-state index in [0.717, 1.165) is 13.1 Å². The van der Waals surface area contributed by atoms with Gasteiger partial charge in [0.05, 0.1) is 6.54 Å². The first-order valence-electron chi connectivity index (χ1n) is 7.49. The maximum absolute atomic E-state index is 11.9. The maximum Gasteiger partial charge on any atom is 0.236 e. The van der Waals surface area contributed by atoms with Crippen molar-refractivity contribution in [3.8, 4) is 0 Å². The van der Waals surface area contributed by atoms with Gasteiger partial charge in [-0.15, -0.1) is 0 Å². The smallest absolute Gasteiger partial charge is 0.236 e. The Morgan fingerprint density at radius 1 is 1.22 bits per heavy atom. The van der Waals surface area contributed by atoms with Crippen molar-refractivity contribution in [1.82, 2.24) is 10.2 Å². The summed E-state index contributed by atoms with van der Waals surface area (Å²) in [5.74, 6) is 0.239. The SMILES string of the molecule is CCN(CC)C(=O)CNC1CCCC(C)(C)CC1. The van der Waals surface area contributed by atoms with Crippen LogP contribution in [0.2, 0.25) is 0 Å². The van der Waals surface area contributed by atoms with E-state index in [1.54, 1.807) is 0 Å². The lowest BCUT2D eigenvalue weighted by Gasteiger charge is -2.23. The summed E-state index contributed by atoms with van der Waals surface area (Å²) in [6.45, 7) is 10.9. The third kappa shape index (κ3) is 4.97. The summed E-state index contributed by atoms with van der Waals surface area (Å²) >= 11 is 0. The number of hydrogen-bond donors (Lipinski definition) is 1. The van der Waals surface area contributed by atoms with Crippen molar-refractivity contribution in [1.29, 1.82) is 0 Å². The highest BCUT2D eigenvalue weighted by Gasteiger charge is 2.24. The van der Waals surface area contributed by atoms with Gasteiger partial charge in [0, 0.05) is 19.1 Å². The second-order valence-electron chi connectivity index (χ2n) is 6.24. The van der Waals surface area contributed by atoms with Gasteiger partial charge in [0.25, 0.3) is 0 Å². The molecule has 0 aromatic rings. The van der Waals surface area contributed by atoms with Crippen molar-refractivity contribution in [3.05, 3.63) is 0 Å². The molecule has 0 bridgehead atoms. The number of carbonyl (C=O) groups excluding carboxylic acids is 1. The monoisotopic (exact) mass is 254 g/mol. The molecule has 1 fully saturated rings. The van der Waals surface area contributed by atoms with Crippen LogP contribution in [0.5, 0.6) is 0 Å². The highest BCUT2D eigenvalue weighted by Crippen LogP contribution is 2.33. The summed E-state index contributed by atoms with van der Waals surface area (Å²) in [6, 6.07) is 0.534. The first-order chi connectivity index (χ1) is 8.48. The van der Waals surface area contributed by atoms with E-state index in [4.69, 9.17) is 0 Å². The Labute approximate surface area is 112 Å². The molecular weight excluding hydrogens is 224 g/mol. The molecule has 0 aromatic heterocycles. The van der Waals surface area contributed by atoms with E-state index in [-0.39, 0.29) is 5.91 Å². The number of hydrogen-bond acceptors (Lipinski definition) is 2. The van der Waals surface area contributed by atoms with Gasteiger partial charge in [0.1, 0.15) is 0 Å². The first kappa shape index (κ1) is 15.5. The molecule has 0 aliphatic heterocycles. The quantitative estimate of drug-likeness (QED) is 0.765. The molecule has 3 nitrogen and oxygen atoms in total. The molecular formula is C15H30N2O. The van der Waals surface area contributed by atoms with Crippen LogP contribution in [0.4, 0.5) is 0 Å². The molecule has 0 saturated heterocycles. The largest absolute Gasteiger partial charge is 0.342 e. The molecule has 1 unspecified atom stereocenters.